The molecule has 0 spiro atoms. The summed E-state index contributed by atoms with van der Waals surface area (Å²) in [6, 6.07) is 47.2. The number of imidazole rings is 2. The van der Waals surface area contributed by atoms with Crippen molar-refractivity contribution in [1.29, 1.82) is 0 Å². The fraction of sp³-hybridized carbons (Fsp3) is 0.0222. The highest BCUT2D eigenvalue weighted by Gasteiger charge is 2.23. The molecule has 5 aromatic heterocycles. The van der Waals surface area contributed by atoms with E-state index in [0.717, 1.165) is 83.3 Å². The number of hydrogen-bond acceptors (Lipinski definition) is 7. The number of nitrogens with zero attached hydrogens (tertiary/aromatic N) is 6. The molecule has 0 N–H and O–H groups in total. The van der Waals surface area contributed by atoms with E-state index < -0.39 is 0 Å². The highest BCUT2D eigenvalue weighted by molar-refractivity contribution is 6.16. The van der Waals surface area contributed by atoms with Gasteiger partial charge in [-0.25, -0.2) is 9.97 Å². The summed E-state index contributed by atoms with van der Waals surface area (Å²) in [6.45, 7) is 0.651. The normalized spacial score (nSPS) is 13.3. The van der Waals surface area contributed by atoms with Crippen molar-refractivity contribution in [3.05, 3.63) is 158 Å². The topological polar surface area (TPSA) is 77.1 Å². The molecule has 12 rings (SSSR count). The highest BCUT2D eigenvalue weighted by atomic mass is 16.5. The van der Waals surface area contributed by atoms with E-state index >= 15 is 0 Å². The van der Waals surface area contributed by atoms with Gasteiger partial charge in [-0.05, 0) is 66.7 Å². The average Bonchev–Trinajstić information content (AvgIpc) is 4.04. The molecule has 11 aromatic rings. The van der Waals surface area contributed by atoms with Crippen molar-refractivity contribution in [1.82, 2.24) is 18.9 Å². The Kier molecular flexibility index (Phi) is 5.92. The second-order valence-corrected chi connectivity index (χ2v) is 13.6. The number of para-hydroxylation sites is 4. The van der Waals surface area contributed by atoms with Crippen LogP contribution in [0.1, 0.15) is 0 Å². The Morgan fingerprint density at radius 1 is 0.556 bits per heavy atom. The Hall–Kier alpha value is -7.52. The molecule has 0 saturated heterocycles. The van der Waals surface area contributed by atoms with Crippen molar-refractivity contribution in [2.24, 2.45) is 0 Å². The van der Waals surface area contributed by atoms with Crippen LogP contribution >= 0.6 is 0 Å². The molecule has 0 atom stereocenters. The first kappa shape index (κ1) is 29.1. The Morgan fingerprint density at radius 3 is 2.26 bits per heavy atom. The van der Waals surface area contributed by atoms with Crippen LogP contribution in [0.5, 0.6) is 11.5 Å². The van der Waals surface area contributed by atoms with Gasteiger partial charge in [0.05, 0.1) is 28.7 Å². The lowest BCUT2D eigenvalue weighted by Crippen LogP contribution is -2.24. The van der Waals surface area contributed by atoms with Crippen LogP contribution in [0.2, 0.25) is 0 Å². The number of aromatic nitrogens is 4. The summed E-state index contributed by atoms with van der Waals surface area (Å²) >= 11 is 0. The maximum Gasteiger partial charge on any atom is 0.221 e. The molecule has 0 aliphatic carbocycles. The third-order valence-corrected chi connectivity index (χ3v) is 10.4. The Bertz CT molecular complexity index is 3300. The monoisotopic (exact) mass is 700 g/mol. The molecule has 1 aliphatic rings. The van der Waals surface area contributed by atoms with Crippen molar-refractivity contribution >= 4 is 83.1 Å². The van der Waals surface area contributed by atoms with E-state index in [0.29, 0.717) is 23.8 Å². The second-order valence-electron chi connectivity index (χ2n) is 13.6. The van der Waals surface area contributed by atoms with E-state index in [9.17, 15) is 0 Å². The number of furan rings is 2. The highest BCUT2D eigenvalue weighted by Crippen LogP contribution is 2.44. The smallest absolute Gasteiger partial charge is 0.221 e. The fourth-order valence-electron chi connectivity index (χ4n) is 7.95. The minimum atomic E-state index is 0.609. The van der Waals surface area contributed by atoms with Gasteiger partial charge in [-0.2, -0.15) is 0 Å². The summed E-state index contributed by atoms with van der Waals surface area (Å²) in [4.78, 5) is 14.2. The van der Waals surface area contributed by atoms with Gasteiger partial charge in [0, 0.05) is 69.7 Å². The Morgan fingerprint density at radius 2 is 1.35 bits per heavy atom. The van der Waals surface area contributed by atoms with E-state index in [1.807, 2.05) is 72.8 Å². The van der Waals surface area contributed by atoms with E-state index in [1.165, 1.54) is 0 Å². The molecule has 0 fully saturated rings. The van der Waals surface area contributed by atoms with Gasteiger partial charge in [0.15, 0.2) is 11.3 Å². The molecule has 0 amide bonds. The van der Waals surface area contributed by atoms with E-state index in [-0.39, 0.29) is 0 Å². The number of pyridine rings is 1. The number of benzene rings is 6. The standard InChI is InChI=1S/C45H28N6O3/c1-2-10-28(11-3-1)48-20-21-49(27-48)29-22-34-33-25-32-31-12-4-7-15-39(31)53-40(32)26-41(33)54-44(34)42(23-29)52-30-17-18-37-38(24-30)51(43-16-8-9-19-46-43)45-47-35-13-5-6-14-36(35)50(37)45/h1-26H,27H2. The average molecular weight is 701 g/mol. The number of rotatable bonds is 5. The first-order valence-electron chi connectivity index (χ1n) is 17.8. The summed E-state index contributed by atoms with van der Waals surface area (Å²) in [5.74, 6) is 2.82. The first-order valence-corrected chi connectivity index (χ1v) is 17.8. The number of ether oxygens (including phenoxy) is 1. The van der Waals surface area contributed by atoms with Crippen molar-refractivity contribution in [3.8, 4) is 17.3 Å². The molecule has 0 saturated carbocycles. The van der Waals surface area contributed by atoms with E-state index in [1.54, 1.807) is 6.20 Å². The van der Waals surface area contributed by atoms with Crippen LogP contribution in [-0.4, -0.2) is 25.6 Å². The number of fused-ring (bicyclic) bond motifs is 11. The van der Waals surface area contributed by atoms with Crippen molar-refractivity contribution in [2.75, 3.05) is 16.5 Å². The van der Waals surface area contributed by atoms with Gasteiger partial charge < -0.3 is 23.4 Å². The van der Waals surface area contributed by atoms with Gasteiger partial charge in [-0.1, -0.05) is 54.6 Å². The molecule has 6 aromatic carbocycles. The zero-order valence-electron chi connectivity index (χ0n) is 28.6. The maximum absolute atomic E-state index is 6.90. The summed E-state index contributed by atoms with van der Waals surface area (Å²) < 4.78 is 24.1. The van der Waals surface area contributed by atoms with Crippen LogP contribution in [0.25, 0.3) is 77.5 Å². The molecule has 6 heterocycles. The minimum Gasteiger partial charge on any atom is -0.456 e. The van der Waals surface area contributed by atoms with Crippen LogP contribution in [0.4, 0.5) is 11.4 Å². The maximum atomic E-state index is 6.90. The van der Waals surface area contributed by atoms with Gasteiger partial charge >= 0.3 is 0 Å². The van der Waals surface area contributed by atoms with Crippen LogP contribution in [-0.2, 0) is 0 Å². The summed E-state index contributed by atoms with van der Waals surface area (Å²) in [5, 5.41) is 4.06. The van der Waals surface area contributed by atoms with Crippen LogP contribution in [0, 0.1) is 0 Å². The van der Waals surface area contributed by atoms with Crippen molar-refractivity contribution < 1.29 is 13.6 Å². The lowest BCUT2D eigenvalue weighted by molar-refractivity contribution is 0.477. The zero-order chi connectivity index (χ0) is 35.3. The van der Waals surface area contributed by atoms with E-state index in [4.69, 9.17) is 23.5 Å². The molecular weight excluding hydrogens is 673 g/mol. The SMILES string of the molecule is C1=CN(c2cc(Oc3ccc4c(c3)n(-c3ccccn3)c3nc5ccccc5n43)c3oc4cc5oc6ccccc6c5cc4c3c2)CN1c1ccccc1. The van der Waals surface area contributed by atoms with Crippen molar-refractivity contribution in [2.45, 2.75) is 0 Å². The largest absolute Gasteiger partial charge is 0.456 e. The molecule has 9 heteroatoms. The third-order valence-electron chi connectivity index (χ3n) is 10.4. The molecular formula is C45H28N6O3. The summed E-state index contributed by atoms with van der Waals surface area (Å²) in [6.07, 6.45) is 6.01. The first-order chi connectivity index (χ1) is 26.7. The molecule has 0 radical (unpaired) electrons. The molecule has 9 nitrogen and oxygen atoms in total. The summed E-state index contributed by atoms with van der Waals surface area (Å²) in [5.41, 5.74) is 9.00. The van der Waals surface area contributed by atoms with Gasteiger partial charge in [0.25, 0.3) is 0 Å². The fourth-order valence-corrected chi connectivity index (χ4v) is 7.95. The summed E-state index contributed by atoms with van der Waals surface area (Å²) in [7, 11) is 0. The third kappa shape index (κ3) is 4.26. The molecule has 0 bridgehead atoms. The number of anilines is 2. The Labute approximate surface area is 306 Å². The minimum absolute atomic E-state index is 0.609. The van der Waals surface area contributed by atoms with E-state index in [2.05, 4.69) is 97.9 Å². The molecule has 54 heavy (non-hydrogen) atoms. The predicted octanol–water partition coefficient (Wildman–Crippen LogP) is 11.2. The predicted molar refractivity (Wildman–Crippen MR) is 214 cm³/mol. The second kappa shape index (κ2) is 11.0. The zero-order valence-corrected chi connectivity index (χ0v) is 28.6. The lowest BCUT2D eigenvalue weighted by atomic mass is 10.1. The van der Waals surface area contributed by atoms with Gasteiger partial charge in [0.1, 0.15) is 28.3 Å². The van der Waals surface area contributed by atoms with Gasteiger partial charge in [-0.3, -0.25) is 8.97 Å². The van der Waals surface area contributed by atoms with Crippen molar-refractivity contribution in [3.63, 3.8) is 0 Å². The van der Waals surface area contributed by atoms with Gasteiger partial charge in [0.2, 0.25) is 5.78 Å². The molecule has 0 unspecified atom stereocenters. The quantitative estimate of drug-likeness (QED) is 0.177. The number of hydrogen-bond donors (Lipinski definition) is 0. The van der Waals surface area contributed by atoms with Gasteiger partial charge in [-0.15, -0.1) is 0 Å². The molecule has 1 aliphatic heterocycles. The molecule has 256 valence electrons. The lowest BCUT2D eigenvalue weighted by Gasteiger charge is -2.22. The van der Waals surface area contributed by atoms with Crippen LogP contribution in [0.3, 0.4) is 0 Å². The van der Waals surface area contributed by atoms with Crippen LogP contribution < -0.4 is 14.5 Å². The van der Waals surface area contributed by atoms with Crippen LogP contribution in [0.15, 0.2) is 167 Å². The Balaban J connectivity index is 1.05.